The summed E-state index contributed by atoms with van der Waals surface area (Å²) in [7, 11) is 1.47. The Bertz CT molecular complexity index is 730. The van der Waals surface area contributed by atoms with Gasteiger partial charge in [0.05, 0.1) is 12.7 Å². The number of allylic oxidation sites excluding steroid dienone is 8. The van der Waals surface area contributed by atoms with Crippen molar-refractivity contribution >= 4 is 5.97 Å². The molecule has 0 aliphatic carbocycles. The molecule has 6 atom stereocenters. The Morgan fingerprint density at radius 2 is 1.38 bits per heavy atom. The fraction of sp³-hybridized carbons (Fsp3) is 0.710. The average Bonchev–Trinajstić information content (AvgIpc) is 2.94. The van der Waals surface area contributed by atoms with E-state index in [1.165, 1.54) is 32.8 Å². The fourth-order valence-electron chi connectivity index (χ4n) is 3.96. The zero-order valence-electron chi connectivity index (χ0n) is 24.2. The summed E-state index contributed by atoms with van der Waals surface area (Å²) in [6, 6.07) is 0. The maximum absolute atomic E-state index is 12.1. The monoisotopic (exact) mass is 552 g/mol. The van der Waals surface area contributed by atoms with Crippen LogP contribution in [0.4, 0.5) is 0 Å². The van der Waals surface area contributed by atoms with Crippen molar-refractivity contribution < 1.29 is 39.1 Å². The zero-order valence-corrected chi connectivity index (χ0v) is 24.2. The van der Waals surface area contributed by atoms with Crippen molar-refractivity contribution in [1.29, 1.82) is 0 Å². The summed E-state index contributed by atoms with van der Waals surface area (Å²) in [5.74, 6) is -0.313. The van der Waals surface area contributed by atoms with Gasteiger partial charge in [-0.05, 0) is 51.4 Å². The van der Waals surface area contributed by atoms with Gasteiger partial charge in [0.25, 0.3) is 0 Å². The van der Waals surface area contributed by atoms with Crippen LogP contribution in [-0.4, -0.2) is 78.4 Å². The van der Waals surface area contributed by atoms with E-state index in [1.54, 1.807) is 6.92 Å². The number of ether oxygens (including phenoxy) is 4. The zero-order chi connectivity index (χ0) is 28.7. The van der Waals surface area contributed by atoms with Crippen LogP contribution in [0.5, 0.6) is 0 Å². The van der Waals surface area contributed by atoms with Crippen molar-refractivity contribution in [2.24, 2.45) is 0 Å². The number of carbonyl (C=O) groups excluding carboxylic acids is 1. The molecule has 1 rings (SSSR count). The van der Waals surface area contributed by atoms with Crippen LogP contribution in [-0.2, 0) is 23.7 Å². The van der Waals surface area contributed by atoms with E-state index in [0.717, 1.165) is 25.7 Å². The number of rotatable bonds is 21. The molecule has 0 aromatic rings. The van der Waals surface area contributed by atoms with Gasteiger partial charge in [-0.2, -0.15) is 0 Å². The predicted molar refractivity (Wildman–Crippen MR) is 153 cm³/mol. The van der Waals surface area contributed by atoms with Crippen LogP contribution in [0.2, 0.25) is 0 Å². The highest BCUT2D eigenvalue weighted by atomic mass is 16.7. The number of esters is 1. The Morgan fingerprint density at radius 3 is 1.95 bits per heavy atom. The molecule has 3 N–H and O–H groups in total. The van der Waals surface area contributed by atoms with Crippen LogP contribution in [0.1, 0.15) is 84.5 Å². The smallest absolute Gasteiger partial charge is 0.305 e. The lowest BCUT2D eigenvalue weighted by Crippen LogP contribution is -2.58. The second-order valence-corrected chi connectivity index (χ2v) is 9.78. The third-order valence-electron chi connectivity index (χ3n) is 6.49. The van der Waals surface area contributed by atoms with E-state index in [1.807, 2.05) is 0 Å². The molecule has 224 valence electrons. The first-order valence-electron chi connectivity index (χ1n) is 14.5. The van der Waals surface area contributed by atoms with Crippen molar-refractivity contribution in [1.82, 2.24) is 0 Å². The van der Waals surface area contributed by atoms with Crippen LogP contribution >= 0.6 is 0 Å². The van der Waals surface area contributed by atoms with Gasteiger partial charge < -0.3 is 34.3 Å². The van der Waals surface area contributed by atoms with Gasteiger partial charge in [-0.15, -0.1) is 0 Å². The molecule has 8 heteroatoms. The largest absolute Gasteiger partial charge is 0.463 e. The van der Waals surface area contributed by atoms with Crippen LogP contribution < -0.4 is 0 Å². The molecule has 1 aliphatic heterocycles. The summed E-state index contributed by atoms with van der Waals surface area (Å²) in [6.07, 6.45) is 21.3. The summed E-state index contributed by atoms with van der Waals surface area (Å²) in [6.45, 7) is 4.02. The predicted octanol–water partition coefficient (Wildman–Crippen LogP) is 4.92. The molecule has 0 bridgehead atoms. The van der Waals surface area contributed by atoms with E-state index in [2.05, 4.69) is 55.5 Å². The molecule has 39 heavy (non-hydrogen) atoms. The van der Waals surface area contributed by atoms with Gasteiger partial charge in [-0.25, -0.2) is 0 Å². The Labute approximate surface area is 235 Å². The molecule has 0 radical (unpaired) electrons. The minimum Gasteiger partial charge on any atom is -0.463 e. The van der Waals surface area contributed by atoms with E-state index in [-0.39, 0.29) is 19.2 Å². The number of unbranched alkanes of at least 4 members (excludes halogenated alkanes) is 4. The van der Waals surface area contributed by atoms with Crippen LogP contribution in [0.3, 0.4) is 0 Å². The van der Waals surface area contributed by atoms with Crippen LogP contribution in [0, 0.1) is 0 Å². The summed E-state index contributed by atoms with van der Waals surface area (Å²) in [5, 5.41) is 30.0. The molecule has 0 saturated carbocycles. The Hall–Kier alpha value is -1.81. The van der Waals surface area contributed by atoms with Crippen molar-refractivity contribution in [3.8, 4) is 0 Å². The molecule has 0 amide bonds. The highest BCUT2D eigenvalue weighted by Gasteiger charge is 2.43. The summed E-state index contributed by atoms with van der Waals surface area (Å²) < 4.78 is 21.7. The molecule has 1 fully saturated rings. The van der Waals surface area contributed by atoms with Crippen molar-refractivity contribution in [3.05, 3.63) is 48.6 Å². The molecule has 2 unspecified atom stereocenters. The van der Waals surface area contributed by atoms with Gasteiger partial charge in [0.15, 0.2) is 6.29 Å². The molecule has 8 nitrogen and oxygen atoms in total. The lowest BCUT2D eigenvalue weighted by molar-refractivity contribution is -0.301. The summed E-state index contributed by atoms with van der Waals surface area (Å²) in [5.41, 5.74) is 0. The molecule has 0 aromatic heterocycles. The van der Waals surface area contributed by atoms with Crippen molar-refractivity contribution in [2.75, 3.05) is 20.3 Å². The topological polar surface area (TPSA) is 115 Å². The number of methoxy groups -OCH3 is 1. The number of hydrogen-bond acceptors (Lipinski definition) is 8. The minimum absolute atomic E-state index is 0.00482. The lowest BCUT2D eigenvalue weighted by atomic mass is 9.97. The van der Waals surface area contributed by atoms with Gasteiger partial charge >= 0.3 is 5.97 Å². The van der Waals surface area contributed by atoms with Crippen molar-refractivity contribution in [2.45, 2.75) is 121 Å². The standard InChI is InChI=1S/C31H52O8/c1-4-6-7-8-9-10-11-12-13-14-15-16-17-18-19-20-21-22-27(32)37-23-25(36-3)24-38-31-30(35)29(34)28(33)26(5-2)39-31/h9-10,12-13,15-16,18-19,25-26,28-31,33-35H,4-8,11,14,17,20-24H2,1-3H3/b10-9-,13-12-,16-15-,19-18-/t25?,26-,28-,29?,30-,31-/m1/s1. The first kappa shape index (κ1) is 35.2. The highest BCUT2D eigenvalue weighted by Crippen LogP contribution is 2.24. The van der Waals surface area contributed by atoms with E-state index in [0.29, 0.717) is 19.3 Å². The number of aliphatic hydroxyl groups is 3. The van der Waals surface area contributed by atoms with E-state index in [9.17, 15) is 20.1 Å². The second kappa shape index (κ2) is 22.9. The van der Waals surface area contributed by atoms with Gasteiger partial charge in [-0.1, -0.05) is 75.3 Å². The summed E-state index contributed by atoms with van der Waals surface area (Å²) in [4.78, 5) is 12.1. The van der Waals surface area contributed by atoms with Crippen molar-refractivity contribution in [3.63, 3.8) is 0 Å². The van der Waals surface area contributed by atoms with Gasteiger partial charge in [0.2, 0.25) is 0 Å². The molecule has 1 heterocycles. The van der Waals surface area contributed by atoms with Crippen LogP contribution in [0.25, 0.3) is 0 Å². The van der Waals surface area contributed by atoms with Gasteiger partial charge in [0.1, 0.15) is 31.0 Å². The number of carbonyl (C=O) groups is 1. The Kier molecular flexibility index (Phi) is 20.7. The van der Waals surface area contributed by atoms with Gasteiger partial charge in [0, 0.05) is 13.5 Å². The first-order valence-corrected chi connectivity index (χ1v) is 14.5. The molecule has 1 saturated heterocycles. The quantitative estimate of drug-likeness (QED) is 0.104. The number of aliphatic hydroxyl groups excluding tert-OH is 3. The third-order valence-corrected chi connectivity index (χ3v) is 6.49. The first-order chi connectivity index (χ1) is 18.9. The highest BCUT2D eigenvalue weighted by molar-refractivity contribution is 5.69. The minimum atomic E-state index is -1.39. The Balaban J connectivity index is 2.11. The van der Waals surface area contributed by atoms with E-state index < -0.39 is 36.8 Å². The molecule has 0 aromatic carbocycles. The normalized spacial score (nSPS) is 24.9. The van der Waals surface area contributed by atoms with Gasteiger partial charge in [-0.3, -0.25) is 4.79 Å². The third kappa shape index (κ3) is 16.1. The average molecular weight is 553 g/mol. The maximum atomic E-state index is 12.1. The second-order valence-electron chi connectivity index (χ2n) is 9.78. The van der Waals surface area contributed by atoms with E-state index in [4.69, 9.17) is 18.9 Å². The molecule has 0 spiro atoms. The SMILES string of the molecule is CCCCC/C=C\C/C=C\C/C=C\C/C=C\CCCC(=O)OCC(CO[C@@H]1O[C@H](CC)[C@@H](O)C(O)[C@H]1O)OC. The van der Waals surface area contributed by atoms with Crippen LogP contribution in [0.15, 0.2) is 48.6 Å². The summed E-state index contributed by atoms with van der Waals surface area (Å²) >= 11 is 0. The molecular weight excluding hydrogens is 500 g/mol. The Morgan fingerprint density at radius 1 is 0.795 bits per heavy atom. The molecule has 1 aliphatic rings. The fourth-order valence-corrected chi connectivity index (χ4v) is 3.96. The van der Waals surface area contributed by atoms with E-state index >= 15 is 0 Å². The maximum Gasteiger partial charge on any atom is 0.305 e. The number of hydrogen-bond donors (Lipinski definition) is 3. The lowest BCUT2D eigenvalue weighted by Gasteiger charge is -2.40. The molecular formula is C31H52O8.